The van der Waals surface area contributed by atoms with Crippen molar-refractivity contribution in [3.05, 3.63) is 40.0 Å². The van der Waals surface area contributed by atoms with E-state index in [2.05, 4.69) is 6.58 Å². The van der Waals surface area contributed by atoms with Gasteiger partial charge in [0.25, 0.3) is 5.69 Å². The molecule has 0 aliphatic rings. The number of hydrogen-bond acceptors (Lipinski definition) is 3. The molecule has 0 fully saturated rings. The standard InChI is InChI=1S/C10H12N2O2/c1-6(2)9-5-8(12(13)14)4-7(3)10(9)11/h4-5H,1,11H2,2-3H3. The van der Waals surface area contributed by atoms with Crippen LogP contribution in [0.5, 0.6) is 0 Å². The van der Waals surface area contributed by atoms with Crippen molar-refractivity contribution in [3.8, 4) is 0 Å². The Hall–Kier alpha value is -1.84. The van der Waals surface area contributed by atoms with Crippen molar-refractivity contribution in [2.24, 2.45) is 0 Å². The normalized spacial score (nSPS) is 9.86. The Morgan fingerprint density at radius 3 is 2.57 bits per heavy atom. The van der Waals surface area contributed by atoms with Crippen LogP contribution in [0.25, 0.3) is 5.57 Å². The van der Waals surface area contributed by atoms with Crippen molar-refractivity contribution in [1.82, 2.24) is 0 Å². The second kappa shape index (κ2) is 3.49. The number of benzene rings is 1. The molecule has 0 aliphatic heterocycles. The highest BCUT2D eigenvalue weighted by molar-refractivity contribution is 5.76. The van der Waals surface area contributed by atoms with Crippen LogP contribution in [-0.2, 0) is 0 Å². The Kier molecular flexibility index (Phi) is 2.56. The van der Waals surface area contributed by atoms with E-state index >= 15 is 0 Å². The van der Waals surface area contributed by atoms with Gasteiger partial charge in [0.1, 0.15) is 0 Å². The van der Waals surface area contributed by atoms with E-state index in [1.165, 1.54) is 12.1 Å². The lowest BCUT2D eigenvalue weighted by molar-refractivity contribution is -0.384. The van der Waals surface area contributed by atoms with E-state index in [0.717, 1.165) is 5.57 Å². The van der Waals surface area contributed by atoms with Gasteiger partial charge in [-0.15, -0.1) is 0 Å². The number of nitrogens with zero attached hydrogens (tertiary/aromatic N) is 1. The third kappa shape index (κ3) is 1.74. The van der Waals surface area contributed by atoms with Gasteiger partial charge in [-0.2, -0.15) is 0 Å². The minimum Gasteiger partial charge on any atom is -0.398 e. The molecule has 0 heterocycles. The van der Waals surface area contributed by atoms with Gasteiger partial charge >= 0.3 is 0 Å². The van der Waals surface area contributed by atoms with Crippen LogP contribution in [0.15, 0.2) is 18.7 Å². The van der Waals surface area contributed by atoms with Crippen molar-refractivity contribution in [1.29, 1.82) is 0 Å². The summed E-state index contributed by atoms with van der Waals surface area (Å²) in [4.78, 5) is 10.1. The highest BCUT2D eigenvalue weighted by Crippen LogP contribution is 2.28. The van der Waals surface area contributed by atoms with Gasteiger partial charge in [-0.25, -0.2) is 0 Å². The average molecular weight is 192 g/mol. The van der Waals surface area contributed by atoms with Gasteiger partial charge < -0.3 is 5.73 Å². The summed E-state index contributed by atoms with van der Waals surface area (Å²) in [5.41, 5.74) is 8.46. The van der Waals surface area contributed by atoms with E-state index in [4.69, 9.17) is 5.73 Å². The summed E-state index contributed by atoms with van der Waals surface area (Å²) < 4.78 is 0. The summed E-state index contributed by atoms with van der Waals surface area (Å²) in [6, 6.07) is 2.91. The first kappa shape index (κ1) is 10.2. The maximum Gasteiger partial charge on any atom is 0.270 e. The zero-order chi connectivity index (χ0) is 10.9. The quantitative estimate of drug-likeness (QED) is 0.444. The summed E-state index contributed by atoms with van der Waals surface area (Å²) >= 11 is 0. The van der Waals surface area contributed by atoms with E-state index in [9.17, 15) is 10.1 Å². The second-order valence-electron chi connectivity index (χ2n) is 3.26. The molecule has 1 aromatic carbocycles. The maximum atomic E-state index is 10.6. The maximum absolute atomic E-state index is 10.6. The molecule has 0 amide bonds. The second-order valence-corrected chi connectivity index (χ2v) is 3.26. The number of non-ortho nitro benzene ring substituents is 1. The molecule has 0 aromatic heterocycles. The summed E-state index contributed by atoms with van der Waals surface area (Å²) in [5.74, 6) is 0. The van der Waals surface area contributed by atoms with Crippen LogP contribution in [0.2, 0.25) is 0 Å². The number of aryl methyl sites for hydroxylation is 1. The van der Waals surface area contributed by atoms with E-state index in [0.29, 0.717) is 16.8 Å². The lowest BCUT2D eigenvalue weighted by Crippen LogP contribution is -1.98. The summed E-state index contributed by atoms with van der Waals surface area (Å²) in [6.07, 6.45) is 0. The first-order valence-electron chi connectivity index (χ1n) is 4.14. The number of nitro benzene ring substituents is 1. The van der Waals surface area contributed by atoms with Gasteiger partial charge in [0.05, 0.1) is 4.92 Å². The highest BCUT2D eigenvalue weighted by atomic mass is 16.6. The molecule has 1 aromatic rings. The summed E-state index contributed by atoms with van der Waals surface area (Å²) in [7, 11) is 0. The molecule has 0 saturated carbocycles. The molecule has 74 valence electrons. The smallest absolute Gasteiger partial charge is 0.270 e. The predicted octanol–water partition coefficient (Wildman–Crippen LogP) is 2.52. The molecule has 2 N–H and O–H groups in total. The molecule has 0 aliphatic carbocycles. The summed E-state index contributed by atoms with van der Waals surface area (Å²) in [5, 5.41) is 10.6. The van der Waals surface area contributed by atoms with Crippen molar-refractivity contribution in [2.75, 3.05) is 5.73 Å². The molecule has 1 rings (SSSR count). The van der Waals surface area contributed by atoms with Gasteiger partial charge in [-0.1, -0.05) is 6.58 Å². The first-order chi connectivity index (χ1) is 6.43. The minimum atomic E-state index is -0.432. The number of rotatable bonds is 2. The van der Waals surface area contributed by atoms with Gasteiger partial charge in [0.2, 0.25) is 0 Å². The largest absolute Gasteiger partial charge is 0.398 e. The number of hydrogen-bond donors (Lipinski definition) is 1. The lowest BCUT2D eigenvalue weighted by atomic mass is 10.0. The van der Waals surface area contributed by atoms with Crippen LogP contribution < -0.4 is 5.73 Å². The molecular formula is C10H12N2O2. The van der Waals surface area contributed by atoms with Crippen LogP contribution in [0.3, 0.4) is 0 Å². The number of nitrogens with two attached hydrogens (primary N) is 1. The molecule has 0 unspecified atom stereocenters. The molecule has 4 heteroatoms. The van der Waals surface area contributed by atoms with E-state index in [-0.39, 0.29) is 5.69 Å². The van der Waals surface area contributed by atoms with Crippen LogP contribution in [-0.4, -0.2) is 4.92 Å². The van der Waals surface area contributed by atoms with Crippen molar-refractivity contribution >= 4 is 16.9 Å². The zero-order valence-electron chi connectivity index (χ0n) is 8.20. The van der Waals surface area contributed by atoms with Gasteiger partial charge in [-0.05, 0) is 25.0 Å². The Balaban J connectivity index is 3.43. The molecule has 0 spiro atoms. The SMILES string of the molecule is C=C(C)c1cc([N+](=O)[O-])cc(C)c1N. The van der Waals surface area contributed by atoms with E-state index in [1.54, 1.807) is 13.8 Å². The fourth-order valence-electron chi connectivity index (χ4n) is 1.24. The van der Waals surface area contributed by atoms with Crippen LogP contribution in [0, 0.1) is 17.0 Å². The molecule has 0 radical (unpaired) electrons. The average Bonchev–Trinajstić information content (AvgIpc) is 2.08. The van der Waals surface area contributed by atoms with Gasteiger partial charge in [0, 0.05) is 23.4 Å². The number of nitro groups is 1. The van der Waals surface area contributed by atoms with E-state index < -0.39 is 4.92 Å². The molecule has 14 heavy (non-hydrogen) atoms. The molecule has 4 nitrogen and oxygen atoms in total. The molecule has 0 saturated heterocycles. The number of allylic oxidation sites excluding steroid dienone is 1. The topological polar surface area (TPSA) is 69.2 Å². The van der Waals surface area contributed by atoms with Gasteiger partial charge in [0.15, 0.2) is 0 Å². The van der Waals surface area contributed by atoms with Crippen molar-refractivity contribution < 1.29 is 4.92 Å². The Labute approximate surface area is 82.2 Å². The third-order valence-corrected chi connectivity index (χ3v) is 2.04. The number of anilines is 1. The van der Waals surface area contributed by atoms with Crippen LogP contribution in [0.4, 0.5) is 11.4 Å². The predicted molar refractivity (Wildman–Crippen MR) is 57.0 cm³/mol. The van der Waals surface area contributed by atoms with Crippen LogP contribution in [0.1, 0.15) is 18.1 Å². The molecule has 0 bridgehead atoms. The zero-order valence-corrected chi connectivity index (χ0v) is 8.20. The lowest BCUT2D eigenvalue weighted by Gasteiger charge is -2.07. The monoisotopic (exact) mass is 192 g/mol. The summed E-state index contributed by atoms with van der Waals surface area (Å²) in [6.45, 7) is 7.24. The fraction of sp³-hybridized carbons (Fsp3) is 0.200. The fourth-order valence-corrected chi connectivity index (χ4v) is 1.24. The Morgan fingerprint density at radius 2 is 2.14 bits per heavy atom. The Morgan fingerprint density at radius 1 is 1.57 bits per heavy atom. The molecule has 0 atom stereocenters. The highest BCUT2D eigenvalue weighted by Gasteiger charge is 2.12. The van der Waals surface area contributed by atoms with Crippen LogP contribution >= 0.6 is 0 Å². The Bertz CT molecular complexity index is 411. The van der Waals surface area contributed by atoms with E-state index in [1.807, 2.05) is 0 Å². The minimum absolute atomic E-state index is 0.0506. The van der Waals surface area contributed by atoms with Crippen molar-refractivity contribution in [2.45, 2.75) is 13.8 Å². The number of nitrogen functional groups attached to an aromatic ring is 1. The van der Waals surface area contributed by atoms with Crippen molar-refractivity contribution in [3.63, 3.8) is 0 Å². The van der Waals surface area contributed by atoms with Gasteiger partial charge in [-0.3, -0.25) is 10.1 Å². The first-order valence-corrected chi connectivity index (χ1v) is 4.14. The molecular weight excluding hydrogens is 180 g/mol. The third-order valence-electron chi connectivity index (χ3n) is 2.04.